The molecule has 9 heteroatoms. The van der Waals surface area contributed by atoms with E-state index in [1.54, 1.807) is 37.0 Å². The molecule has 0 aliphatic carbocycles. The predicted molar refractivity (Wildman–Crippen MR) is 109 cm³/mol. The van der Waals surface area contributed by atoms with Crippen molar-refractivity contribution in [2.45, 2.75) is 37.9 Å². The van der Waals surface area contributed by atoms with E-state index in [0.29, 0.717) is 13.1 Å². The number of rotatable bonds is 8. The molecule has 0 atom stereocenters. The van der Waals surface area contributed by atoms with Crippen LogP contribution in [0.15, 0.2) is 66.1 Å². The van der Waals surface area contributed by atoms with Gasteiger partial charge in [-0.2, -0.15) is 5.10 Å². The molecular weight excluding hydrogens is 390 g/mol. The van der Waals surface area contributed by atoms with E-state index in [0.717, 1.165) is 11.1 Å². The second-order valence-electron chi connectivity index (χ2n) is 6.90. The first-order chi connectivity index (χ1) is 13.8. The average molecular weight is 414 g/mol. The lowest BCUT2D eigenvalue weighted by molar-refractivity contribution is 0.0950. The lowest BCUT2D eigenvalue weighted by atomic mass is 10.1. The Bertz CT molecular complexity index is 1080. The quantitative estimate of drug-likeness (QED) is 0.587. The Morgan fingerprint density at radius 1 is 1.10 bits per heavy atom. The standard InChI is InChI=1S/C20H23N5O3S/c1-15(2)24-29(27,28)19-8-4-7-18(10-19)20(26)22-11-16-5-3-6-17(9-16)12-25-14-21-13-23-25/h3-10,13-15,24H,11-12H2,1-2H3,(H,22,26). The summed E-state index contributed by atoms with van der Waals surface area (Å²) in [6.07, 6.45) is 3.12. The maximum atomic E-state index is 12.5. The number of carbonyl (C=O) groups is 1. The van der Waals surface area contributed by atoms with Gasteiger partial charge in [-0.3, -0.25) is 4.79 Å². The van der Waals surface area contributed by atoms with Crippen LogP contribution in [0.2, 0.25) is 0 Å². The molecule has 3 aromatic rings. The van der Waals surface area contributed by atoms with E-state index in [4.69, 9.17) is 0 Å². The zero-order valence-corrected chi connectivity index (χ0v) is 17.1. The lowest BCUT2D eigenvalue weighted by Gasteiger charge is -2.11. The number of hydrogen-bond donors (Lipinski definition) is 2. The number of aromatic nitrogens is 3. The van der Waals surface area contributed by atoms with Gasteiger partial charge in [0.15, 0.2) is 0 Å². The van der Waals surface area contributed by atoms with E-state index in [9.17, 15) is 13.2 Å². The number of hydrogen-bond acceptors (Lipinski definition) is 5. The monoisotopic (exact) mass is 413 g/mol. The van der Waals surface area contributed by atoms with Crippen LogP contribution in [0.1, 0.15) is 35.3 Å². The largest absolute Gasteiger partial charge is 0.348 e. The molecule has 0 saturated heterocycles. The van der Waals surface area contributed by atoms with Gasteiger partial charge in [0.25, 0.3) is 5.91 Å². The summed E-state index contributed by atoms with van der Waals surface area (Å²) in [5.41, 5.74) is 2.26. The number of sulfonamides is 1. The van der Waals surface area contributed by atoms with Crippen molar-refractivity contribution in [2.24, 2.45) is 0 Å². The molecule has 29 heavy (non-hydrogen) atoms. The van der Waals surface area contributed by atoms with Crippen molar-refractivity contribution in [1.82, 2.24) is 24.8 Å². The summed E-state index contributed by atoms with van der Waals surface area (Å²) in [6.45, 7) is 4.39. The Labute approximate surface area is 170 Å². The Kier molecular flexibility index (Phi) is 6.40. The first-order valence-electron chi connectivity index (χ1n) is 9.14. The summed E-state index contributed by atoms with van der Waals surface area (Å²) >= 11 is 0. The molecule has 0 unspecified atom stereocenters. The zero-order valence-electron chi connectivity index (χ0n) is 16.2. The number of amides is 1. The van der Waals surface area contributed by atoms with Crippen molar-refractivity contribution < 1.29 is 13.2 Å². The highest BCUT2D eigenvalue weighted by Gasteiger charge is 2.17. The summed E-state index contributed by atoms with van der Waals surface area (Å²) < 4.78 is 28.9. The molecular formula is C20H23N5O3S. The van der Waals surface area contributed by atoms with Crippen molar-refractivity contribution in [1.29, 1.82) is 0 Å². The van der Waals surface area contributed by atoms with Gasteiger partial charge in [-0.1, -0.05) is 30.3 Å². The van der Waals surface area contributed by atoms with Crippen LogP contribution in [0.3, 0.4) is 0 Å². The molecule has 0 saturated carbocycles. The summed E-state index contributed by atoms with van der Waals surface area (Å²) in [7, 11) is -3.66. The number of nitrogens with zero attached hydrogens (tertiary/aromatic N) is 3. The molecule has 1 heterocycles. The van der Waals surface area contributed by atoms with Gasteiger partial charge >= 0.3 is 0 Å². The molecule has 0 radical (unpaired) electrons. The Morgan fingerprint density at radius 3 is 2.59 bits per heavy atom. The van der Waals surface area contributed by atoms with Crippen molar-refractivity contribution in [3.63, 3.8) is 0 Å². The van der Waals surface area contributed by atoms with E-state index in [1.807, 2.05) is 24.3 Å². The highest BCUT2D eigenvalue weighted by Crippen LogP contribution is 2.13. The third-order valence-electron chi connectivity index (χ3n) is 4.05. The first-order valence-corrected chi connectivity index (χ1v) is 10.6. The van der Waals surface area contributed by atoms with Gasteiger partial charge in [0.2, 0.25) is 10.0 Å². The van der Waals surface area contributed by atoms with Gasteiger partial charge in [0.1, 0.15) is 12.7 Å². The third kappa shape index (κ3) is 5.72. The molecule has 0 bridgehead atoms. The average Bonchev–Trinajstić information content (AvgIpc) is 3.18. The van der Waals surface area contributed by atoms with E-state index in [1.165, 1.54) is 18.5 Å². The number of benzene rings is 2. The minimum absolute atomic E-state index is 0.0636. The van der Waals surface area contributed by atoms with Crippen molar-refractivity contribution >= 4 is 15.9 Å². The van der Waals surface area contributed by atoms with E-state index in [2.05, 4.69) is 20.1 Å². The normalized spacial score (nSPS) is 11.6. The summed E-state index contributed by atoms with van der Waals surface area (Å²) in [6, 6.07) is 13.5. The Morgan fingerprint density at radius 2 is 1.86 bits per heavy atom. The van der Waals surface area contributed by atoms with Crippen LogP contribution in [0.5, 0.6) is 0 Å². The van der Waals surface area contributed by atoms with Crippen molar-refractivity contribution in [2.75, 3.05) is 0 Å². The van der Waals surface area contributed by atoms with Gasteiger partial charge in [0.05, 0.1) is 11.4 Å². The summed E-state index contributed by atoms with van der Waals surface area (Å²) in [5, 5.41) is 6.91. The molecule has 0 aliphatic heterocycles. The first kappa shape index (κ1) is 20.7. The van der Waals surface area contributed by atoms with Crippen LogP contribution >= 0.6 is 0 Å². The SMILES string of the molecule is CC(C)NS(=O)(=O)c1cccc(C(=O)NCc2cccc(Cn3cncn3)c2)c1. The van der Waals surface area contributed by atoms with Crippen LogP contribution in [-0.2, 0) is 23.1 Å². The summed E-state index contributed by atoms with van der Waals surface area (Å²) in [5.74, 6) is -0.340. The smallest absolute Gasteiger partial charge is 0.251 e. The van der Waals surface area contributed by atoms with Gasteiger partial charge in [0, 0.05) is 18.2 Å². The fraction of sp³-hybridized carbons (Fsp3) is 0.250. The summed E-state index contributed by atoms with van der Waals surface area (Å²) in [4.78, 5) is 16.5. The topological polar surface area (TPSA) is 106 Å². The second kappa shape index (κ2) is 8.97. The highest BCUT2D eigenvalue weighted by molar-refractivity contribution is 7.89. The molecule has 8 nitrogen and oxygen atoms in total. The Hall–Kier alpha value is -3.04. The van der Waals surface area contributed by atoms with E-state index < -0.39 is 10.0 Å². The molecule has 152 valence electrons. The molecule has 1 amide bonds. The lowest BCUT2D eigenvalue weighted by Crippen LogP contribution is -2.30. The fourth-order valence-corrected chi connectivity index (χ4v) is 4.10. The highest BCUT2D eigenvalue weighted by atomic mass is 32.2. The van der Waals surface area contributed by atoms with Crippen LogP contribution in [-0.4, -0.2) is 35.1 Å². The molecule has 2 aromatic carbocycles. The van der Waals surface area contributed by atoms with Crippen LogP contribution in [0.25, 0.3) is 0 Å². The molecule has 2 N–H and O–H groups in total. The van der Waals surface area contributed by atoms with Gasteiger partial charge in [-0.25, -0.2) is 22.8 Å². The van der Waals surface area contributed by atoms with Gasteiger partial charge in [-0.15, -0.1) is 0 Å². The van der Waals surface area contributed by atoms with Crippen molar-refractivity contribution in [3.05, 3.63) is 77.9 Å². The van der Waals surface area contributed by atoms with Gasteiger partial charge in [-0.05, 0) is 43.2 Å². The third-order valence-corrected chi connectivity index (χ3v) is 5.71. The molecule has 0 spiro atoms. The minimum atomic E-state index is -3.66. The van der Waals surface area contributed by atoms with Crippen molar-refractivity contribution in [3.8, 4) is 0 Å². The van der Waals surface area contributed by atoms with E-state index >= 15 is 0 Å². The maximum Gasteiger partial charge on any atom is 0.251 e. The van der Waals surface area contributed by atoms with Gasteiger partial charge < -0.3 is 5.32 Å². The Balaban J connectivity index is 1.66. The predicted octanol–water partition coefficient (Wildman–Crippen LogP) is 1.94. The van der Waals surface area contributed by atoms with E-state index in [-0.39, 0.29) is 22.4 Å². The number of nitrogens with one attached hydrogen (secondary N) is 2. The second-order valence-corrected chi connectivity index (χ2v) is 8.61. The van der Waals surface area contributed by atoms with Crippen LogP contribution in [0.4, 0.5) is 0 Å². The molecule has 1 aromatic heterocycles. The molecule has 0 aliphatic rings. The minimum Gasteiger partial charge on any atom is -0.348 e. The maximum absolute atomic E-state index is 12.5. The zero-order chi connectivity index (χ0) is 20.9. The molecule has 3 rings (SSSR count). The van der Waals surface area contributed by atoms with Crippen LogP contribution in [0, 0.1) is 0 Å². The fourth-order valence-electron chi connectivity index (χ4n) is 2.81. The molecule has 0 fully saturated rings. The van der Waals surface area contributed by atoms with Crippen LogP contribution < -0.4 is 10.0 Å². The number of carbonyl (C=O) groups excluding carboxylic acids is 1.